The molecule has 0 heterocycles. The maximum absolute atomic E-state index is 12.1. The van der Waals surface area contributed by atoms with Crippen LogP contribution in [0.2, 0.25) is 0 Å². The summed E-state index contributed by atoms with van der Waals surface area (Å²) in [6, 6.07) is -0.168. The summed E-state index contributed by atoms with van der Waals surface area (Å²) in [6.07, 6.45) is 3.98. The van der Waals surface area contributed by atoms with Crippen LogP contribution in [0.5, 0.6) is 0 Å². The van der Waals surface area contributed by atoms with Crippen molar-refractivity contribution in [2.75, 3.05) is 33.2 Å². The molecule has 19 heavy (non-hydrogen) atoms. The minimum absolute atomic E-state index is 0.0833. The highest BCUT2D eigenvalue weighted by molar-refractivity contribution is 5.80. The lowest BCUT2D eigenvalue weighted by molar-refractivity contribution is -0.138. The van der Waals surface area contributed by atoms with Gasteiger partial charge in [-0.25, -0.2) is 4.79 Å². The zero-order valence-electron chi connectivity index (χ0n) is 11.9. The molecule has 0 unspecified atom stereocenters. The van der Waals surface area contributed by atoms with Crippen molar-refractivity contribution in [1.82, 2.24) is 15.1 Å². The molecule has 0 spiro atoms. The molecule has 2 N–H and O–H groups in total. The van der Waals surface area contributed by atoms with Crippen molar-refractivity contribution >= 4 is 12.0 Å². The Morgan fingerprint density at radius 3 is 2.47 bits per heavy atom. The van der Waals surface area contributed by atoms with E-state index in [4.69, 9.17) is 5.11 Å². The Labute approximate surface area is 114 Å². The first-order valence-electron chi connectivity index (χ1n) is 6.99. The van der Waals surface area contributed by atoms with Crippen LogP contribution in [0.25, 0.3) is 0 Å². The predicted octanol–water partition coefficient (Wildman–Crippen LogP) is 0.977. The minimum atomic E-state index is -0.951. The summed E-state index contributed by atoms with van der Waals surface area (Å²) >= 11 is 0. The molecular formula is C13H25N3O3. The fourth-order valence-corrected chi connectivity index (χ4v) is 2.34. The van der Waals surface area contributed by atoms with Crippen molar-refractivity contribution in [3.05, 3.63) is 0 Å². The Morgan fingerprint density at radius 2 is 1.95 bits per heavy atom. The molecule has 6 heteroatoms. The molecule has 0 saturated heterocycles. The Morgan fingerprint density at radius 1 is 1.32 bits per heavy atom. The molecule has 0 radical (unpaired) electrons. The fraction of sp³-hybridized carbons (Fsp3) is 0.846. The molecule has 1 aliphatic carbocycles. The number of nitrogens with one attached hydrogen (secondary N) is 1. The monoisotopic (exact) mass is 271 g/mol. The summed E-state index contributed by atoms with van der Waals surface area (Å²) in [4.78, 5) is 26.5. The van der Waals surface area contributed by atoms with Gasteiger partial charge in [0.1, 0.15) is 6.54 Å². The normalized spacial score (nSPS) is 15.7. The number of carbonyl (C=O) groups excluding carboxylic acids is 1. The van der Waals surface area contributed by atoms with E-state index in [9.17, 15) is 9.59 Å². The Bertz CT molecular complexity index is 304. The second-order valence-electron chi connectivity index (χ2n) is 5.09. The standard InChI is InChI=1S/C13H25N3O3/c1-3-15(2)9-8-14-13(19)16(10-12(17)18)11-6-4-5-7-11/h11H,3-10H2,1-2H3,(H,14,19)(H,17,18). The highest BCUT2D eigenvalue weighted by Gasteiger charge is 2.28. The van der Waals surface area contributed by atoms with E-state index in [2.05, 4.69) is 17.1 Å². The van der Waals surface area contributed by atoms with E-state index >= 15 is 0 Å². The van der Waals surface area contributed by atoms with Crippen LogP contribution in [0.4, 0.5) is 4.79 Å². The SMILES string of the molecule is CCN(C)CCNC(=O)N(CC(=O)O)C1CCCC1. The molecule has 1 aliphatic rings. The van der Waals surface area contributed by atoms with Crippen molar-refractivity contribution < 1.29 is 14.7 Å². The third-order valence-electron chi connectivity index (χ3n) is 3.64. The molecule has 0 atom stereocenters. The van der Waals surface area contributed by atoms with Crippen molar-refractivity contribution in [2.45, 2.75) is 38.6 Å². The zero-order valence-corrected chi connectivity index (χ0v) is 11.9. The molecule has 0 aromatic heterocycles. The molecule has 0 aliphatic heterocycles. The number of amides is 2. The maximum atomic E-state index is 12.1. The minimum Gasteiger partial charge on any atom is -0.480 e. The lowest BCUT2D eigenvalue weighted by atomic mass is 10.2. The number of rotatable bonds is 7. The number of hydrogen-bond donors (Lipinski definition) is 2. The number of carboxylic acid groups (broad SMARTS) is 1. The average Bonchev–Trinajstić information content (AvgIpc) is 2.88. The van der Waals surface area contributed by atoms with E-state index in [0.29, 0.717) is 6.54 Å². The van der Waals surface area contributed by atoms with Crippen LogP contribution in [0.15, 0.2) is 0 Å². The van der Waals surface area contributed by atoms with E-state index in [0.717, 1.165) is 38.8 Å². The first-order valence-corrected chi connectivity index (χ1v) is 6.99. The van der Waals surface area contributed by atoms with E-state index in [1.165, 1.54) is 4.90 Å². The van der Waals surface area contributed by atoms with Gasteiger partial charge >= 0.3 is 12.0 Å². The van der Waals surface area contributed by atoms with Crippen LogP contribution in [-0.2, 0) is 4.79 Å². The summed E-state index contributed by atoms with van der Waals surface area (Å²) in [6.45, 7) is 4.09. The molecular weight excluding hydrogens is 246 g/mol. The maximum Gasteiger partial charge on any atom is 0.323 e. The Kier molecular flexibility index (Phi) is 6.62. The van der Waals surface area contributed by atoms with Gasteiger partial charge in [-0.3, -0.25) is 4.79 Å². The second kappa shape index (κ2) is 7.99. The number of carbonyl (C=O) groups is 2. The molecule has 0 aromatic carbocycles. The van der Waals surface area contributed by atoms with Crippen LogP contribution in [0, 0.1) is 0 Å². The van der Waals surface area contributed by atoms with Gasteiger partial charge in [0.15, 0.2) is 0 Å². The third kappa shape index (κ3) is 5.46. The van der Waals surface area contributed by atoms with Crippen LogP contribution in [-0.4, -0.2) is 66.2 Å². The zero-order chi connectivity index (χ0) is 14.3. The molecule has 1 saturated carbocycles. The molecule has 6 nitrogen and oxygen atoms in total. The number of nitrogens with zero attached hydrogens (tertiary/aromatic N) is 2. The molecule has 0 aromatic rings. The van der Waals surface area contributed by atoms with Gasteiger partial charge in [0.25, 0.3) is 0 Å². The number of likely N-dealkylation sites (N-methyl/N-ethyl adjacent to an activating group) is 1. The first kappa shape index (κ1) is 15.8. The quantitative estimate of drug-likeness (QED) is 0.724. The van der Waals surface area contributed by atoms with Crippen LogP contribution in [0.1, 0.15) is 32.6 Å². The highest BCUT2D eigenvalue weighted by Crippen LogP contribution is 2.23. The van der Waals surface area contributed by atoms with Gasteiger partial charge in [0, 0.05) is 19.1 Å². The number of aliphatic carboxylic acids is 1. The summed E-state index contributed by atoms with van der Waals surface area (Å²) in [7, 11) is 1.98. The van der Waals surface area contributed by atoms with Gasteiger partial charge < -0.3 is 20.2 Å². The van der Waals surface area contributed by atoms with Crippen molar-refractivity contribution in [3.8, 4) is 0 Å². The topological polar surface area (TPSA) is 72.9 Å². The van der Waals surface area contributed by atoms with Crippen LogP contribution in [0.3, 0.4) is 0 Å². The summed E-state index contributed by atoms with van der Waals surface area (Å²) in [5.41, 5.74) is 0. The van der Waals surface area contributed by atoms with E-state index < -0.39 is 5.97 Å². The lowest BCUT2D eigenvalue weighted by Gasteiger charge is -2.27. The van der Waals surface area contributed by atoms with Crippen molar-refractivity contribution in [3.63, 3.8) is 0 Å². The molecule has 110 valence electrons. The van der Waals surface area contributed by atoms with Gasteiger partial charge in [0.05, 0.1) is 0 Å². The van der Waals surface area contributed by atoms with Crippen molar-refractivity contribution in [1.29, 1.82) is 0 Å². The Balaban J connectivity index is 2.44. The van der Waals surface area contributed by atoms with Gasteiger partial charge in [-0.1, -0.05) is 19.8 Å². The largest absolute Gasteiger partial charge is 0.480 e. The van der Waals surface area contributed by atoms with Crippen LogP contribution >= 0.6 is 0 Å². The van der Waals surface area contributed by atoms with Crippen molar-refractivity contribution in [2.24, 2.45) is 0 Å². The highest BCUT2D eigenvalue weighted by atomic mass is 16.4. The molecule has 0 bridgehead atoms. The van der Waals surface area contributed by atoms with E-state index in [1.807, 2.05) is 7.05 Å². The molecule has 1 rings (SSSR count). The second-order valence-corrected chi connectivity index (χ2v) is 5.09. The number of hydrogen-bond acceptors (Lipinski definition) is 3. The van der Waals surface area contributed by atoms with Gasteiger partial charge in [-0.2, -0.15) is 0 Å². The first-order chi connectivity index (χ1) is 9.04. The average molecular weight is 271 g/mol. The van der Waals surface area contributed by atoms with Gasteiger partial charge in [-0.05, 0) is 26.4 Å². The third-order valence-corrected chi connectivity index (χ3v) is 3.64. The summed E-state index contributed by atoms with van der Waals surface area (Å²) in [5, 5.41) is 11.7. The van der Waals surface area contributed by atoms with E-state index in [1.54, 1.807) is 0 Å². The smallest absolute Gasteiger partial charge is 0.323 e. The molecule has 1 fully saturated rings. The van der Waals surface area contributed by atoms with Crippen LogP contribution < -0.4 is 5.32 Å². The predicted molar refractivity (Wildman–Crippen MR) is 73.2 cm³/mol. The fourth-order valence-electron chi connectivity index (χ4n) is 2.34. The van der Waals surface area contributed by atoms with Gasteiger partial charge in [-0.15, -0.1) is 0 Å². The van der Waals surface area contributed by atoms with Gasteiger partial charge in [0.2, 0.25) is 0 Å². The summed E-state index contributed by atoms with van der Waals surface area (Å²) < 4.78 is 0. The molecule has 2 amide bonds. The van der Waals surface area contributed by atoms with E-state index in [-0.39, 0.29) is 18.6 Å². The number of urea groups is 1. The number of carboxylic acids is 1. The Hall–Kier alpha value is -1.30. The lowest BCUT2D eigenvalue weighted by Crippen LogP contribution is -2.48. The summed E-state index contributed by atoms with van der Waals surface area (Å²) in [5.74, 6) is -0.951.